The summed E-state index contributed by atoms with van der Waals surface area (Å²) in [5, 5.41) is 21.6. The Bertz CT molecular complexity index is 1000. The number of ether oxygens (including phenoxy) is 1. The van der Waals surface area contributed by atoms with E-state index in [2.05, 4.69) is 20.7 Å². The van der Waals surface area contributed by atoms with Gasteiger partial charge in [0.05, 0.1) is 36.3 Å². The molecule has 0 radical (unpaired) electrons. The van der Waals surface area contributed by atoms with E-state index in [1.165, 1.54) is 31.2 Å². The van der Waals surface area contributed by atoms with Gasteiger partial charge in [0.2, 0.25) is 0 Å². The third kappa shape index (κ3) is 5.14. The number of aromatic amines is 1. The second-order valence-corrected chi connectivity index (χ2v) is 6.92. The number of methoxy groups -OCH3 is 1. The maximum Gasteiger partial charge on any atom is 0.337 e. The van der Waals surface area contributed by atoms with Gasteiger partial charge in [0.25, 0.3) is 11.7 Å². The maximum absolute atomic E-state index is 12.1. The second-order valence-electron chi connectivity index (χ2n) is 5.98. The number of nitrogens with zero attached hydrogens (tertiary/aromatic N) is 3. The van der Waals surface area contributed by atoms with E-state index in [9.17, 15) is 9.90 Å². The Morgan fingerprint density at radius 1 is 1.34 bits per heavy atom. The first-order valence-corrected chi connectivity index (χ1v) is 9.96. The Labute approximate surface area is 172 Å². The zero-order valence-corrected chi connectivity index (χ0v) is 16.9. The quantitative estimate of drug-likeness (QED) is 0.228. The highest BCUT2D eigenvalue weighted by atomic mass is 32.2. The van der Waals surface area contributed by atoms with Gasteiger partial charge in [-0.15, -0.1) is 5.10 Å². The van der Waals surface area contributed by atoms with Crippen molar-refractivity contribution >= 4 is 23.9 Å². The molecule has 3 aromatic rings. The van der Waals surface area contributed by atoms with Crippen molar-refractivity contribution in [3.8, 4) is 22.9 Å². The highest BCUT2D eigenvalue weighted by Crippen LogP contribution is 2.25. The summed E-state index contributed by atoms with van der Waals surface area (Å²) in [6, 6.07) is 14.7. The van der Waals surface area contributed by atoms with Crippen molar-refractivity contribution in [3.63, 3.8) is 0 Å². The van der Waals surface area contributed by atoms with Crippen LogP contribution in [0.1, 0.15) is 12.5 Å². The number of hydrogen-bond donors (Lipinski definition) is 3. The van der Waals surface area contributed by atoms with Gasteiger partial charge in [-0.25, -0.2) is 9.99 Å². The molecular formula is C20H22N5O3S+. The van der Waals surface area contributed by atoms with Crippen molar-refractivity contribution in [1.82, 2.24) is 15.6 Å². The lowest BCUT2D eigenvalue weighted by atomic mass is 10.2. The third-order valence-electron chi connectivity index (χ3n) is 4.06. The smallest absolute Gasteiger partial charge is 0.337 e. The largest absolute Gasteiger partial charge is 0.504 e. The normalized spacial score (nSPS) is 11.0. The van der Waals surface area contributed by atoms with Crippen molar-refractivity contribution in [1.29, 1.82) is 0 Å². The van der Waals surface area contributed by atoms with Crippen LogP contribution in [0.2, 0.25) is 0 Å². The fourth-order valence-corrected chi connectivity index (χ4v) is 3.46. The average Bonchev–Trinajstić information content (AvgIpc) is 3.17. The van der Waals surface area contributed by atoms with Crippen LogP contribution in [0.15, 0.2) is 58.8 Å². The number of hydrazone groups is 1. The van der Waals surface area contributed by atoms with E-state index in [1.54, 1.807) is 12.1 Å². The van der Waals surface area contributed by atoms with E-state index in [0.717, 1.165) is 23.1 Å². The van der Waals surface area contributed by atoms with E-state index in [0.29, 0.717) is 11.3 Å². The maximum atomic E-state index is 12.1. The van der Waals surface area contributed by atoms with Crippen LogP contribution in [-0.2, 0) is 11.3 Å². The number of thioether (sulfide) groups is 1. The molecule has 3 N–H and O–H groups in total. The predicted octanol–water partition coefficient (Wildman–Crippen LogP) is 2.34. The summed E-state index contributed by atoms with van der Waals surface area (Å²) in [5.74, 6) is 1.21. The van der Waals surface area contributed by atoms with E-state index in [4.69, 9.17) is 4.74 Å². The van der Waals surface area contributed by atoms with Gasteiger partial charge in [0.1, 0.15) is 0 Å². The number of phenols is 1. The molecule has 0 atom stereocenters. The van der Waals surface area contributed by atoms with Crippen molar-refractivity contribution in [2.75, 3.05) is 12.9 Å². The number of carbonyl (C=O) groups is 1. The molecule has 9 heteroatoms. The molecule has 0 unspecified atom stereocenters. The summed E-state index contributed by atoms with van der Waals surface area (Å²) in [5.41, 5.74) is 4.21. The topological polar surface area (TPSA) is 103 Å². The average molecular weight is 412 g/mol. The number of aromatic nitrogens is 3. The molecule has 150 valence electrons. The third-order valence-corrected chi connectivity index (χ3v) is 5.04. The van der Waals surface area contributed by atoms with Crippen LogP contribution >= 0.6 is 11.8 Å². The fourth-order valence-electron chi connectivity index (χ4n) is 2.65. The minimum absolute atomic E-state index is 0.0446. The van der Waals surface area contributed by atoms with Crippen LogP contribution in [0.3, 0.4) is 0 Å². The zero-order valence-electron chi connectivity index (χ0n) is 16.1. The van der Waals surface area contributed by atoms with Crippen molar-refractivity contribution in [2.45, 2.75) is 18.6 Å². The molecule has 0 fully saturated rings. The van der Waals surface area contributed by atoms with Crippen LogP contribution in [-0.4, -0.2) is 40.3 Å². The summed E-state index contributed by atoms with van der Waals surface area (Å²) < 4.78 is 7.07. The number of H-pyrrole nitrogens is 1. The van der Waals surface area contributed by atoms with Crippen LogP contribution in [0.4, 0.5) is 0 Å². The van der Waals surface area contributed by atoms with Crippen LogP contribution < -0.4 is 14.7 Å². The van der Waals surface area contributed by atoms with Crippen LogP contribution in [0, 0.1) is 0 Å². The van der Waals surface area contributed by atoms with Crippen LogP contribution in [0.5, 0.6) is 11.5 Å². The molecule has 0 spiro atoms. The first-order chi connectivity index (χ1) is 14.1. The minimum Gasteiger partial charge on any atom is -0.504 e. The molecule has 0 bridgehead atoms. The summed E-state index contributed by atoms with van der Waals surface area (Å²) in [7, 11) is 1.47. The lowest BCUT2D eigenvalue weighted by Gasteiger charge is -2.03. The number of rotatable bonds is 8. The standard InChI is InChI=1S/C20H21N5O3S/c1-3-25-19(15-7-5-4-6-8-15)23-24-20(25)29-13-18(27)22-21-12-14-9-10-16(26)17(11-14)28-2/h4-12H,3,13H2,1-2H3,(H2,21,22,26,27)/p+1. The van der Waals surface area contributed by atoms with Gasteiger partial charge in [-0.05, 0) is 54.6 Å². The van der Waals surface area contributed by atoms with E-state index in [1.807, 2.05) is 41.8 Å². The predicted molar refractivity (Wildman–Crippen MR) is 111 cm³/mol. The number of carbonyl (C=O) groups excluding carboxylic acids is 1. The highest BCUT2D eigenvalue weighted by molar-refractivity contribution is 7.99. The van der Waals surface area contributed by atoms with Gasteiger partial charge >= 0.3 is 5.16 Å². The zero-order chi connectivity index (χ0) is 20.6. The highest BCUT2D eigenvalue weighted by Gasteiger charge is 2.21. The number of aromatic hydroxyl groups is 1. The molecule has 8 nitrogen and oxygen atoms in total. The molecule has 0 aliphatic rings. The van der Waals surface area contributed by atoms with Crippen LogP contribution in [0.25, 0.3) is 11.4 Å². The molecular weight excluding hydrogens is 390 g/mol. The van der Waals surface area contributed by atoms with Crippen molar-refractivity contribution < 1.29 is 19.2 Å². The molecule has 0 aliphatic heterocycles. The van der Waals surface area contributed by atoms with Gasteiger partial charge in [0, 0.05) is 0 Å². The Balaban J connectivity index is 1.58. The molecule has 3 rings (SSSR count). The second kappa shape index (κ2) is 9.74. The van der Waals surface area contributed by atoms with Crippen molar-refractivity contribution in [3.05, 3.63) is 54.1 Å². The Hall–Kier alpha value is -3.33. The monoisotopic (exact) mass is 412 g/mol. The molecule has 1 heterocycles. The first kappa shape index (κ1) is 20.4. The van der Waals surface area contributed by atoms with Gasteiger partial charge in [-0.3, -0.25) is 4.79 Å². The fraction of sp³-hybridized carbons (Fsp3) is 0.200. The number of benzene rings is 2. The van der Waals surface area contributed by atoms with Gasteiger partial charge in [0.15, 0.2) is 11.5 Å². The number of amides is 1. The Morgan fingerprint density at radius 2 is 2.14 bits per heavy atom. The minimum atomic E-state index is -0.246. The molecule has 2 aromatic carbocycles. The van der Waals surface area contributed by atoms with Gasteiger partial charge in [-0.1, -0.05) is 18.2 Å². The first-order valence-electron chi connectivity index (χ1n) is 8.97. The Kier molecular flexibility index (Phi) is 6.85. The lowest BCUT2D eigenvalue weighted by Crippen LogP contribution is -2.36. The number of nitrogens with one attached hydrogen (secondary N) is 2. The molecule has 29 heavy (non-hydrogen) atoms. The number of hydrogen-bond acceptors (Lipinski definition) is 6. The SMILES string of the molecule is CC[n+]1c(SCC(=O)NN=Cc2ccc(O)c(OC)c2)n[nH]c1-c1ccccc1. The molecule has 0 aliphatic carbocycles. The molecule has 0 saturated carbocycles. The molecule has 0 saturated heterocycles. The van der Waals surface area contributed by atoms with E-state index < -0.39 is 0 Å². The summed E-state index contributed by atoms with van der Waals surface area (Å²) in [6.07, 6.45) is 1.48. The van der Waals surface area contributed by atoms with Gasteiger partial charge in [-0.2, -0.15) is 5.10 Å². The van der Waals surface area contributed by atoms with Crippen molar-refractivity contribution in [2.24, 2.45) is 5.10 Å². The summed E-state index contributed by atoms with van der Waals surface area (Å²) in [6.45, 7) is 2.76. The number of phenolic OH excluding ortho intramolecular Hbond substituents is 1. The molecule has 1 amide bonds. The lowest BCUT2D eigenvalue weighted by molar-refractivity contribution is -0.719. The summed E-state index contributed by atoms with van der Waals surface area (Å²) >= 11 is 1.33. The van der Waals surface area contributed by atoms with E-state index >= 15 is 0 Å². The van der Waals surface area contributed by atoms with E-state index in [-0.39, 0.29) is 17.4 Å². The Morgan fingerprint density at radius 3 is 2.86 bits per heavy atom. The summed E-state index contributed by atoms with van der Waals surface area (Å²) in [4.78, 5) is 12.1. The molecule has 1 aromatic heterocycles. The van der Waals surface area contributed by atoms with Gasteiger partial charge < -0.3 is 9.84 Å².